The van der Waals surface area contributed by atoms with Gasteiger partial charge in [0.1, 0.15) is 0 Å². The number of aliphatic carboxylic acids is 1. The molecule has 0 bridgehead atoms. The van der Waals surface area contributed by atoms with Gasteiger partial charge in [-0.3, -0.25) is 9.69 Å². The van der Waals surface area contributed by atoms with Crippen molar-refractivity contribution >= 4 is 18.4 Å². The molecule has 0 atom stereocenters. The molecular weight excluding hydrogens is 182 g/mol. The molecule has 1 aliphatic heterocycles. The SMILES string of the molecule is Cl.O=C(O)CN1CCCOCC1. The smallest absolute Gasteiger partial charge is 0.317 e. The van der Waals surface area contributed by atoms with Crippen LogP contribution < -0.4 is 0 Å². The predicted molar refractivity (Wildman–Crippen MR) is 46.8 cm³/mol. The molecule has 1 aliphatic rings. The number of halogens is 1. The molecule has 0 aromatic heterocycles. The summed E-state index contributed by atoms with van der Waals surface area (Å²) in [6, 6.07) is 0. The summed E-state index contributed by atoms with van der Waals surface area (Å²) in [5, 5.41) is 8.48. The van der Waals surface area contributed by atoms with E-state index in [2.05, 4.69) is 0 Å². The molecule has 0 aliphatic carbocycles. The number of carbonyl (C=O) groups is 1. The molecule has 0 spiro atoms. The highest BCUT2D eigenvalue weighted by Crippen LogP contribution is 1.97. The van der Waals surface area contributed by atoms with Gasteiger partial charge in [0, 0.05) is 19.7 Å². The van der Waals surface area contributed by atoms with Crippen LogP contribution in [0.4, 0.5) is 0 Å². The van der Waals surface area contributed by atoms with Gasteiger partial charge in [0.05, 0.1) is 13.2 Å². The van der Waals surface area contributed by atoms with Gasteiger partial charge >= 0.3 is 5.97 Å². The number of hydrogen-bond donors (Lipinski definition) is 1. The van der Waals surface area contributed by atoms with Gasteiger partial charge in [-0.05, 0) is 6.42 Å². The summed E-state index contributed by atoms with van der Waals surface area (Å²) in [6.07, 6.45) is 0.938. The second kappa shape index (κ2) is 6.22. The van der Waals surface area contributed by atoms with Gasteiger partial charge in [-0.15, -0.1) is 12.4 Å². The van der Waals surface area contributed by atoms with Gasteiger partial charge in [-0.1, -0.05) is 0 Å². The van der Waals surface area contributed by atoms with Gasteiger partial charge in [0.15, 0.2) is 0 Å². The van der Waals surface area contributed by atoms with E-state index in [1.54, 1.807) is 0 Å². The fraction of sp³-hybridized carbons (Fsp3) is 0.857. The summed E-state index contributed by atoms with van der Waals surface area (Å²) < 4.78 is 5.17. The first-order chi connectivity index (χ1) is 5.29. The van der Waals surface area contributed by atoms with Gasteiger partial charge in [0.2, 0.25) is 0 Å². The molecular formula is C7H14ClNO3. The van der Waals surface area contributed by atoms with E-state index in [0.717, 1.165) is 26.1 Å². The lowest BCUT2D eigenvalue weighted by atomic mass is 10.4. The van der Waals surface area contributed by atoms with Crippen molar-refractivity contribution < 1.29 is 14.6 Å². The van der Waals surface area contributed by atoms with Crippen molar-refractivity contribution in [3.8, 4) is 0 Å². The minimum atomic E-state index is -0.758. The Bertz CT molecular complexity index is 135. The molecule has 1 rings (SSSR count). The van der Waals surface area contributed by atoms with Crippen LogP contribution in [0.5, 0.6) is 0 Å². The third-order valence-electron chi connectivity index (χ3n) is 1.67. The summed E-state index contributed by atoms with van der Waals surface area (Å²) in [5.74, 6) is -0.758. The molecule has 0 unspecified atom stereocenters. The van der Waals surface area contributed by atoms with Crippen LogP contribution in [0.1, 0.15) is 6.42 Å². The largest absolute Gasteiger partial charge is 0.480 e. The van der Waals surface area contributed by atoms with Crippen LogP contribution in [0.25, 0.3) is 0 Å². The molecule has 12 heavy (non-hydrogen) atoms. The number of carboxylic acid groups (broad SMARTS) is 1. The standard InChI is InChI=1S/C7H13NO3.ClH/c9-7(10)6-8-2-1-4-11-5-3-8;/h1-6H2,(H,9,10);1H. The molecule has 1 N–H and O–H groups in total. The fourth-order valence-corrected chi connectivity index (χ4v) is 1.15. The molecule has 0 saturated carbocycles. The Balaban J connectivity index is 0.00000121. The molecule has 0 amide bonds. The van der Waals surface area contributed by atoms with Crippen molar-refractivity contribution in [1.82, 2.24) is 4.90 Å². The maximum absolute atomic E-state index is 10.3. The number of rotatable bonds is 2. The number of carboxylic acids is 1. The molecule has 0 aromatic rings. The highest BCUT2D eigenvalue weighted by Gasteiger charge is 2.11. The fourth-order valence-electron chi connectivity index (χ4n) is 1.15. The molecule has 4 nitrogen and oxygen atoms in total. The molecule has 1 heterocycles. The summed E-state index contributed by atoms with van der Waals surface area (Å²) in [5.41, 5.74) is 0. The van der Waals surface area contributed by atoms with Crippen LogP contribution in [0.3, 0.4) is 0 Å². The molecule has 0 aromatic carbocycles. The average molecular weight is 196 g/mol. The van der Waals surface area contributed by atoms with E-state index in [4.69, 9.17) is 9.84 Å². The van der Waals surface area contributed by atoms with E-state index in [1.807, 2.05) is 4.90 Å². The third kappa shape index (κ3) is 4.54. The monoisotopic (exact) mass is 195 g/mol. The maximum atomic E-state index is 10.3. The van der Waals surface area contributed by atoms with Crippen LogP contribution in [-0.2, 0) is 9.53 Å². The third-order valence-corrected chi connectivity index (χ3v) is 1.67. The first-order valence-electron chi connectivity index (χ1n) is 3.81. The lowest BCUT2D eigenvalue weighted by Crippen LogP contribution is -2.31. The second-order valence-corrected chi connectivity index (χ2v) is 2.64. The average Bonchev–Trinajstić information content (AvgIpc) is 2.14. The summed E-state index contributed by atoms with van der Waals surface area (Å²) in [7, 11) is 0. The Hall–Kier alpha value is -0.320. The van der Waals surface area contributed by atoms with Crippen molar-refractivity contribution in [3.05, 3.63) is 0 Å². The van der Waals surface area contributed by atoms with Crippen LogP contribution in [-0.4, -0.2) is 48.8 Å². The van der Waals surface area contributed by atoms with E-state index in [1.165, 1.54) is 0 Å². The predicted octanol–water partition coefficient (Wildman–Crippen LogP) is 0.215. The van der Waals surface area contributed by atoms with Crippen molar-refractivity contribution in [1.29, 1.82) is 0 Å². The van der Waals surface area contributed by atoms with Gasteiger partial charge < -0.3 is 9.84 Å². The summed E-state index contributed by atoms with van der Waals surface area (Å²) in [6.45, 7) is 3.14. The van der Waals surface area contributed by atoms with Crippen molar-refractivity contribution in [3.63, 3.8) is 0 Å². The number of ether oxygens (including phenoxy) is 1. The first-order valence-corrected chi connectivity index (χ1v) is 3.81. The first kappa shape index (κ1) is 11.7. The Morgan fingerprint density at radius 2 is 2.17 bits per heavy atom. The summed E-state index contributed by atoms with van der Waals surface area (Å²) in [4.78, 5) is 12.2. The van der Waals surface area contributed by atoms with Gasteiger partial charge in [-0.25, -0.2) is 0 Å². The summed E-state index contributed by atoms with van der Waals surface area (Å²) >= 11 is 0. The van der Waals surface area contributed by atoms with Crippen LogP contribution >= 0.6 is 12.4 Å². The minimum absolute atomic E-state index is 0. The van der Waals surface area contributed by atoms with E-state index < -0.39 is 5.97 Å². The van der Waals surface area contributed by atoms with E-state index in [9.17, 15) is 4.79 Å². The quantitative estimate of drug-likeness (QED) is 0.685. The minimum Gasteiger partial charge on any atom is -0.480 e. The normalized spacial score (nSPS) is 19.3. The Morgan fingerprint density at radius 3 is 2.83 bits per heavy atom. The van der Waals surface area contributed by atoms with Gasteiger partial charge in [0.25, 0.3) is 0 Å². The lowest BCUT2D eigenvalue weighted by Gasteiger charge is -2.15. The lowest BCUT2D eigenvalue weighted by molar-refractivity contribution is -0.138. The Kier molecular flexibility index (Phi) is 6.06. The molecule has 72 valence electrons. The van der Waals surface area contributed by atoms with Crippen molar-refractivity contribution in [2.75, 3.05) is 32.8 Å². The topological polar surface area (TPSA) is 49.8 Å². The van der Waals surface area contributed by atoms with Gasteiger partial charge in [-0.2, -0.15) is 0 Å². The molecule has 0 radical (unpaired) electrons. The van der Waals surface area contributed by atoms with E-state index in [-0.39, 0.29) is 19.0 Å². The van der Waals surface area contributed by atoms with Crippen molar-refractivity contribution in [2.24, 2.45) is 0 Å². The molecule has 1 fully saturated rings. The Labute approximate surface area is 77.9 Å². The zero-order valence-corrected chi connectivity index (χ0v) is 7.68. The molecule has 5 heteroatoms. The number of nitrogens with zero attached hydrogens (tertiary/aromatic N) is 1. The zero-order valence-electron chi connectivity index (χ0n) is 6.86. The highest BCUT2D eigenvalue weighted by atomic mass is 35.5. The van der Waals surface area contributed by atoms with Crippen LogP contribution in [0.15, 0.2) is 0 Å². The molecule has 1 saturated heterocycles. The highest BCUT2D eigenvalue weighted by molar-refractivity contribution is 5.85. The zero-order chi connectivity index (χ0) is 8.10. The van der Waals surface area contributed by atoms with E-state index in [0.29, 0.717) is 6.61 Å². The van der Waals surface area contributed by atoms with Crippen LogP contribution in [0.2, 0.25) is 0 Å². The van der Waals surface area contributed by atoms with Crippen molar-refractivity contribution in [2.45, 2.75) is 6.42 Å². The number of hydrogen-bond acceptors (Lipinski definition) is 3. The van der Waals surface area contributed by atoms with Crippen LogP contribution in [0, 0.1) is 0 Å². The second-order valence-electron chi connectivity index (χ2n) is 2.64. The maximum Gasteiger partial charge on any atom is 0.317 e. The van der Waals surface area contributed by atoms with E-state index >= 15 is 0 Å². The Morgan fingerprint density at radius 1 is 1.42 bits per heavy atom.